The Bertz CT molecular complexity index is 531. The van der Waals surface area contributed by atoms with Crippen LogP contribution in [0.15, 0.2) is 0 Å². The van der Waals surface area contributed by atoms with E-state index in [-0.39, 0.29) is 16.7 Å². The summed E-state index contributed by atoms with van der Waals surface area (Å²) in [5, 5.41) is 20.5. The predicted octanol–water partition coefficient (Wildman–Crippen LogP) is 3.57. The quantitative estimate of drug-likeness (QED) is 0.771. The molecule has 1 unspecified atom stereocenters. The molecular formula is C21H34O3. The second-order valence-electron chi connectivity index (χ2n) is 9.91. The van der Waals surface area contributed by atoms with E-state index in [1.807, 2.05) is 0 Å². The Morgan fingerprint density at radius 3 is 2.50 bits per heavy atom. The third-order valence-corrected chi connectivity index (χ3v) is 9.14. The van der Waals surface area contributed by atoms with Crippen molar-refractivity contribution in [2.45, 2.75) is 84.3 Å². The van der Waals surface area contributed by atoms with Gasteiger partial charge in [0.15, 0.2) is 0 Å². The maximum Gasteiger partial charge on any atom is 0.136 e. The van der Waals surface area contributed by atoms with E-state index in [1.54, 1.807) is 0 Å². The van der Waals surface area contributed by atoms with Gasteiger partial charge in [-0.1, -0.05) is 20.8 Å². The summed E-state index contributed by atoms with van der Waals surface area (Å²) >= 11 is 0. The molecule has 136 valence electrons. The Morgan fingerprint density at radius 2 is 1.79 bits per heavy atom. The van der Waals surface area contributed by atoms with Gasteiger partial charge in [0, 0.05) is 12.3 Å². The first-order chi connectivity index (χ1) is 11.3. The molecule has 4 aliphatic rings. The highest BCUT2D eigenvalue weighted by atomic mass is 16.3. The van der Waals surface area contributed by atoms with Crippen LogP contribution < -0.4 is 0 Å². The van der Waals surface area contributed by atoms with Crippen LogP contribution in [0.4, 0.5) is 0 Å². The lowest BCUT2D eigenvalue weighted by Gasteiger charge is -2.61. The van der Waals surface area contributed by atoms with E-state index in [0.29, 0.717) is 29.5 Å². The molecule has 4 saturated carbocycles. The number of aliphatic hydroxyl groups excluding tert-OH is 2. The van der Waals surface area contributed by atoms with E-state index in [9.17, 15) is 15.0 Å². The molecule has 4 fully saturated rings. The monoisotopic (exact) mass is 334 g/mol. The summed E-state index contributed by atoms with van der Waals surface area (Å²) < 4.78 is 0. The van der Waals surface area contributed by atoms with Crippen molar-refractivity contribution >= 4 is 5.78 Å². The van der Waals surface area contributed by atoms with Gasteiger partial charge >= 0.3 is 0 Å². The number of carbonyl (C=O) groups is 1. The Kier molecular flexibility index (Phi) is 3.93. The summed E-state index contributed by atoms with van der Waals surface area (Å²) in [6.07, 6.45) is 6.96. The van der Waals surface area contributed by atoms with Crippen molar-refractivity contribution in [3.8, 4) is 0 Å². The average Bonchev–Trinajstić information content (AvgIpc) is 2.78. The normalized spacial score (nSPS) is 57.2. The summed E-state index contributed by atoms with van der Waals surface area (Å²) in [5.41, 5.74) is 0.360. The number of aliphatic hydroxyl groups is 2. The first-order valence-electron chi connectivity index (χ1n) is 10.2. The summed E-state index contributed by atoms with van der Waals surface area (Å²) in [4.78, 5) is 12.6. The topological polar surface area (TPSA) is 57.5 Å². The van der Waals surface area contributed by atoms with Crippen LogP contribution in [-0.4, -0.2) is 28.2 Å². The molecule has 0 spiro atoms. The van der Waals surface area contributed by atoms with Crippen molar-refractivity contribution in [2.75, 3.05) is 0 Å². The summed E-state index contributed by atoms with van der Waals surface area (Å²) in [5.74, 6) is 3.15. The first-order valence-corrected chi connectivity index (χ1v) is 10.2. The lowest BCUT2D eigenvalue weighted by Crippen LogP contribution is -2.56. The van der Waals surface area contributed by atoms with Crippen LogP contribution in [-0.2, 0) is 4.79 Å². The molecule has 0 aromatic carbocycles. The van der Waals surface area contributed by atoms with Crippen LogP contribution in [0.2, 0.25) is 0 Å². The third-order valence-electron chi connectivity index (χ3n) is 9.14. The average molecular weight is 335 g/mol. The molecular weight excluding hydrogens is 300 g/mol. The summed E-state index contributed by atoms with van der Waals surface area (Å²) in [6.45, 7) is 6.94. The van der Waals surface area contributed by atoms with Crippen molar-refractivity contribution in [1.29, 1.82) is 0 Å². The summed E-state index contributed by atoms with van der Waals surface area (Å²) in [7, 11) is 0. The minimum Gasteiger partial charge on any atom is -0.390 e. The molecule has 0 amide bonds. The lowest BCUT2D eigenvalue weighted by molar-refractivity contribution is -0.159. The highest BCUT2D eigenvalue weighted by molar-refractivity contribution is 5.84. The van der Waals surface area contributed by atoms with Crippen molar-refractivity contribution in [3.05, 3.63) is 0 Å². The Balaban J connectivity index is 1.64. The SMILES string of the molecule is CC[C@H]1C(=O)C[C@H]2[C@@H]3CCC4C[C@@H](O)[C@@H](O)C[C@]4(C)[C@H]3CC[C@]12C. The predicted molar refractivity (Wildman–Crippen MR) is 93.3 cm³/mol. The second kappa shape index (κ2) is 5.54. The molecule has 0 radical (unpaired) electrons. The van der Waals surface area contributed by atoms with E-state index in [1.165, 1.54) is 25.7 Å². The zero-order valence-electron chi connectivity index (χ0n) is 15.5. The molecule has 0 aromatic rings. The second-order valence-corrected chi connectivity index (χ2v) is 9.91. The molecule has 9 atom stereocenters. The van der Waals surface area contributed by atoms with Gasteiger partial charge in [0.2, 0.25) is 0 Å². The fourth-order valence-corrected chi connectivity index (χ4v) is 7.86. The molecule has 0 aromatic heterocycles. The van der Waals surface area contributed by atoms with E-state index < -0.39 is 12.2 Å². The minimum absolute atomic E-state index is 0.149. The zero-order chi connectivity index (χ0) is 17.3. The number of carbonyl (C=O) groups excluding carboxylic acids is 1. The maximum atomic E-state index is 12.6. The van der Waals surface area contributed by atoms with Crippen LogP contribution in [0.1, 0.15) is 72.1 Å². The molecule has 24 heavy (non-hydrogen) atoms. The van der Waals surface area contributed by atoms with Crippen molar-refractivity contribution in [1.82, 2.24) is 0 Å². The van der Waals surface area contributed by atoms with Crippen molar-refractivity contribution in [2.24, 2.45) is 40.4 Å². The lowest BCUT2D eigenvalue weighted by atomic mass is 9.44. The Morgan fingerprint density at radius 1 is 1.04 bits per heavy atom. The van der Waals surface area contributed by atoms with Crippen LogP contribution in [0.5, 0.6) is 0 Å². The molecule has 4 rings (SSSR count). The standard InChI is InChI=1S/C21H34O3/c1-4-14-17(22)10-16-13-6-5-12-9-18(23)19(24)11-21(12,3)15(13)7-8-20(14,16)2/h12-16,18-19,23-24H,4-11H2,1-3H3/t12?,13-,14+,15+,16+,18-,19+,20-,21+/m1/s1. The summed E-state index contributed by atoms with van der Waals surface area (Å²) in [6, 6.07) is 0. The van der Waals surface area contributed by atoms with Crippen LogP contribution >= 0.6 is 0 Å². The zero-order valence-corrected chi connectivity index (χ0v) is 15.5. The van der Waals surface area contributed by atoms with Crippen LogP contribution in [0.3, 0.4) is 0 Å². The largest absolute Gasteiger partial charge is 0.390 e. The fourth-order valence-electron chi connectivity index (χ4n) is 7.86. The third kappa shape index (κ3) is 2.13. The van der Waals surface area contributed by atoms with Gasteiger partial charge in [0.25, 0.3) is 0 Å². The molecule has 4 aliphatic carbocycles. The fraction of sp³-hybridized carbons (Fsp3) is 0.952. The van der Waals surface area contributed by atoms with Gasteiger partial charge in [0.05, 0.1) is 12.2 Å². The van der Waals surface area contributed by atoms with Gasteiger partial charge in [-0.05, 0) is 79.4 Å². The van der Waals surface area contributed by atoms with Gasteiger partial charge in [-0.15, -0.1) is 0 Å². The highest BCUT2D eigenvalue weighted by Gasteiger charge is 2.62. The van der Waals surface area contributed by atoms with Gasteiger partial charge in [-0.25, -0.2) is 0 Å². The van der Waals surface area contributed by atoms with Gasteiger partial charge in [-0.2, -0.15) is 0 Å². The Hall–Kier alpha value is -0.410. The van der Waals surface area contributed by atoms with Crippen molar-refractivity contribution < 1.29 is 15.0 Å². The van der Waals surface area contributed by atoms with Gasteiger partial charge < -0.3 is 10.2 Å². The van der Waals surface area contributed by atoms with Crippen LogP contribution in [0, 0.1) is 40.4 Å². The molecule has 0 saturated heterocycles. The molecule has 0 bridgehead atoms. The number of fused-ring (bicyclic) bond motifs is 5. The van der Waals surface area contributed by atoms with E-state index in [0.717, 1.165) is 25.7 Å². The number of hydrogen-bond donors (Lipinski definition) is 2. The van der Waals surface area contributed by atoms with Crippen LogP contribution in [0.25, 0.3) is 0 Å². The molecule has 3 heteroatoms. The number of hydrogen-bond acceptors (Lipinski definition) is 3. The van der Waals surface area contributed by atoms with Gasteiger partial charge in [-0.3, -0.25) is 4.79 Å². The van der Waals surface area contributed by atoms with E-state index >= 15 is 0 Å². The number of ketones is 1. The number of Topliss-reactive ketones (excluding diaryl/α,β-unsaturated/α-hetero) is 1. The van der Waals surface area contributed by atoms with E-state index in [4.69, 9.17) is 0 Å². The molecule has 0 aliphatic heterocycles. The highest BCUT2D eigenvalue weighted by Crippen LogP contribution is 2.67. The van der Waals surface area contributed by atoms with E-state index in [2.05, 4.69) is 20.8 Å². The first kappa shape index (κ1) is 17.0. The molecule has 0 heterocycles. The minimum atomic E-state index is -0.563. The number of rotatable bonds is 1. The maximum absolute atomic E-state index is 12.6. The molecule has 2 N–H and O–H groups in total. The Labute approximate surface area is 146 Å². The van der Waals surface area contributed by atoms with Crippen molar-refractivity contribution in [3.63, 3.8) is 0 Å². The van der Waals surface area contributed by atoms with Gasteiger partial charge in [0.1, 0.15) is 5.78 Å². The molecule has 3 nitrogen and oxygen atoms in total. The smallest absolute Gasteiger partial charge is 0.136 e.